The van der Waals surface area contributed by atoms with Gasteiger partial charge in [-0.05, 0) is 37.7 Å². The van der Waals surface area contributed by atoms with Crippen LogP contribution in [0.2, 0.25) is 0 Å². The highest BCUT2D eigenvalue weighted by molar-refractivity contribution is 7.99. The van der Waals surface area contributed by atoms with Crippen molar-refractivity contribution in [2.24, 2.45) is 5.73 Å². The van der Waals surface area contributed by atoms with E-state index in [-0.39, 0.29) is 5.69 Å². The van der Waals surface area contributed by atoms with Gasteiger partial charge in [0.05, 0.1) is 11.0 Å². The van der Waals surface area contributed by atoms with E-state index >= 15 is 0 Å². The third kappa shape index (κ3) is 4.73. The van der Waals surface area contributed by atoms with E-state index in [0.29, 0.717) is 6.42 Å². The number of nitrogens with zero attached hydrogens (tertiary/aromatic N) is 2. The van der Waals surface area contributed by atoms with Crippen LogP contribution in [0.3, 0.4) is 0 Å². The monoisotopic (exact) mass is 265 g/mol. The lowest BCUT2D eigenvalue weighted by Crippen LogP contribution is -2.33. The Hall–Kier alpha value is -1.58. The molecule has 0 fully saturated rings. The van der Waals surface area contributed by atoms with Gasteiger partial charge in [-0.1, -0.05) is 0 Å². The molecule has 1 rings (SSSR count). The Morgan fingerprint density at radius 1 is 1.50 bits per heavy atom. The second kappa shape index (κ2) is 6.38. The molecule has 0 saturated carbocycles. The van der Waals surface area contributed by atoms with Crippen molar-refractivity contribution in [3.05, 3.63) is 34.4 Å². The highest BCUT2D eigenvalue weighted by Crippen LogP contribution is 2.23. The molecule has 5 nitrogen and oxygen atoms in total. The average Bonchev–Trinajstić information content (AvgIpc) is 2.35. The van der Waals surface area contributed by atoms with Gasteiger partial charge in [0.15, 0.2) is 0 Å². The molecule has 0 bridgehead atoms. The maximum atomic E-state index is 10.5. The fraction of sp³-hybridized carbons (Fsp3) is 0.417. The number of hydrogen-bond acceptors (Lipinski definition) is 5. The fourth-order valence-electron chi connectivity index (χ4n) is 1.35. The van der Waals surface area contributed by atoms with Gasteiger partial charge in [0.1, 0.15) is 5.54 Å². The van der Waals surface area contributed by atoms with Gasteiger partial charge >= 0.3 is 0 Å². The average molecular weight is 265 g/mol. The summed E-state index contributed by atoms with van der Waals surface area (Å²) in [7, 11) is 0. The summed E-state index contributed by atoms with van der Waals surface area (Å²) < 4.78 is 0. The molecule has 18 heavy (non-hydrogen) atoms. The van der Waals surface area contributed by atoms with Crippen LogP contribution in [-0.4, -0.2) is 16.2 Å². The van der Waals surface area contributed by atoms with Crippen LogP contribution in [0.5, 0.6) is 0 Å². The van der Waals surface area contributed by atoms with E-state index in [2.05, 4.69) is 6.07 Å². The number of nitro benzene ring substituents is 1. The molecule has 1 aromatic carbocycles. The molecule has 1 unspecified atom stereocenters. The molecule has 0 aromatic heterocycles. The van der Waals surface area contributed by atoms with E-state index in [1.807, 2.05) is 0 Å². The van der Waals surface area contributed by atoms with Crippen molar-refractivity contribution in [2.45, 2.75) is 30.2 Å². The molecule has 0 saturated heterocycles. The predicted octanol–water partition coefficient (Wildman–Crippen LogP) is 2.71. The first-order chi connectivity index (χ1) is 8.44. The SMILES string of the molecule is CC(N)(C#N)CCCSc1ccc([N+](=O)[O-])cc1. The maximum Gasteiger partial charge on any atom is 0.269 e. The van der Waals surface area contributed by atoms with Crippen molar-refractivity contribution in [3.63, 3.8) is 0 Å². The van der Waals surface area contributed by atoms with Crippen molar-refractivity contribution >= 4 is 17.4 Å². The summed E-state index contributed by atoms with van der Waals surface area (Å²) in [5.74, 6) is 0.840. The summed E-state index contributed by atoms with van der Waals surface area (Å²) in [5, 5.41) is 19.2. The van der Waals surface area contributed by atoms with Gasteiger partial charge in [-0.15, -0.1) is 11.8 Å². The number of hydrogen-bond donors (Lipinski definition) is 1. The van der Waals surface area contributed by atoms with Crippen LogP contribution in [0.1, 0.15) is 19.8 Å². The van der Waals surface area contributed by atoms with E-state index in [0.717, 1.165) is 17.1 Å². The van der Waals surface area contributed by atoms with Crippen molar-refractivity contribution in [1.29, 1.82) is 5.26 Å². The molecule has 0 aliphatic heterocycles. The Balaban J connectivity index is 2.37. The summed E-state index contributed by atoms with van der Waals surface area (Å²) in [6.45, 7) is 1.71. The molecule has 6 heteroatoms. The van der Waals surface area contributed by atoms with Gasteiger partial charge < -0.3 is 5.73 Å². The summed E-state index contributed by atoms with van der Waals surface area (Å²) in [5.41, 5.74) is 5.03. The molecule has 0 amide bonds. The van der Waals surface area contributed by atoms with E-state index in [1.165, 1.54) is 12.1 Å². The van der Waals surface area contributed by atoms with Gasteiger partial charge in [0, 0.05) is 17.0 Å². The van der Waals surface area contributed by atoms with Crippen molar-refractivity contribution in [3.8, 4) is 6.07 Å². The molecule has 1 aromatic rings. The quantitative estimate of drug-likeness (QED) is 0.369. The van der Waals surface area contributed by atoms with Crippen molar-refractivity contribution < 1.29 is 4.92 Å². The summed E-state index contributed by atoms with van der Waals surface area (Å²) in [6, 6.07) is 8.50. The molecule has 2 N–H and O–H groups in total. The third-order valence-electron chi connectivity index (χ3n) is 2.41. The molecule has 0 spiro atoms. The molecule has 96 valence electrons. The zero-order valence-electron chi connectivity index (χ0n) is 10.1. The minimum Gasteiger partial charge on any atom is -0.314 e. The number of rotatable bonds is 6. The van der Waals surface area contributed by atoms with Crippen LogP contribution >= 0.6 is 11.8 Å². The van der Waals surface area contributed by atoms with Gasteiger partial charge in [0.25, 0.3) is 5.69 Å². The van der Waals surface area contributed by atoms with E-state index < -0.39 is 10.5 Å². The van der Waals surface area contributed by atoms with Crippen LogP contribution in [0.15, 0.2) is 29.2 Å². The standard InChI is InChI=1S/C12H15N3O2S/c1-12(14,9-13)7-2-8-18-11-5-3-10(4-6-11)15(16)17/h3-6H,2,7-8,14H2,1H3. The Morgan fingerprint density at radius 3 is 2.61 bits per heavy atom. The number of nitrogens with two attached hydrogens (primary N) is 1. The Bertz CT molecular complexity index is 451. The lowest BCUT2D eigenvalue weighted by molar-refractivity contribution is -0.384. The van der Waals surface area contributed by atoms with E-state index in [1.54, 1.807) is 30.8 Å². The first-order valence-corrected chi connectivity index (χ1v) is 6.50. The third-order valence-corrected chi connectivity index (χ3v) is 3.51. The highest BCUT2D eigenvalue weighted by Gasteiger charge is 2.15. The smallest absolute Gasteiger partial charge is 0.269 e. The van der Waals surface area contributed by atoms with Crippen molar-refractivity contribution in [1.82, 2.24) is 0 Å². The number of benzene rings is 1. The topological polar surface area (TPSA) is 93.0 Å². The molecule has 0 aliphatic carbocycles. The van der Waals surface area contributed by atoms with E-state index in [4.69, 9.17) is 11.0 Å². The molecular weight excluding hydrogens is 250 g/mol. The minimum atomic E-state index is -0.768. The predicted molar refractivity (Wildman–Crippen MR) is 71.3 cm³/mol. The first-order valence-electron chi connectivity index (χ1n) is 5.52. The molecule has 0 radical (unpaired) electrons. The fourth-order valence-corrected chi connectivity index (χ4v) is 2.20. The van der Waals surface area contributed by atoms with Crippen LogP contribution in [-0.2, 0) is 0 Å². The first kappa shape index (κ1) is 14.5. The second-order valence-electron chi connectivity index (χ2n) is 4.23. The number of nitro groups is 1. The van der Waals surface area contributed by atoms with E-state index in [9.17, 15) is 10.1 Å². The van der Waals surface area contributed by atoms with Crippen LogP contribution in [0.4, 0.5) is 5.69 Å². The summed E-state index contributed by atoms with van der Waals surface area (Å²) in [6.07, 6.45) is 1.48. The Kier molecular flexibility index (Phi) is 5.13. The van der Waals surface area contributed by atoms with Gasteiger partial charge in [-0.3, -0.25) is 10.1 Å². The van der Waals surface area contributed by atoms with Crippen LogP contribution in [0, 0.1) is 21.4 Å². The maximum absolute atomic E-state index is 10.5. The van der Waals surface area contributed by atoms with Crippen molar-refractivity contribution in [2.75, 3.05) is 5.75 Å². The molecule has 0 heterocycles. The zero-order valence-corrected chi connectivity index (χ0v) is 10.9. The van der Waals surface area contributed by atoms with Crippen LogP contribution < -0.4 is 5.73 Å². The van der Waals surface area contributed by atoms with Gasteiger partial charge in [-0.2, -0.15) is 5.26 Å². The molecule has 0 aliphatic rings. The lowest BCUT2D eigenvalue weighted by atomic mass is 10.0. The van der Waals surface area contributed by atoms with Gasteiger partial charge in [-0.25, -0.2) is 0 Å². The molecular formula is C12H15N3O2S. The number of thioether (sulfide) groups is 1. The largest absolute Gasteiger partial charge is 0.314 e. The summed E-state index contributed by atoms with van der Waals surface area (Å²) >= 11 is 1.60. The minimum absolute atomic E-state index is 0.0957. The number of non-ortho nitro benzene ring substituents is 1. The van der Waals surface area contributed by atoms with Gasteiger partial charge in [0.2, 0.25) is 0 Å². The zero-order chi connectivity index (χ0) is 13.6. The Morgan fingerprint density at radius 2 is 2.11 bits per heavy atom. The molecule has 1 atom stereocenters. The second-order valence-corrected chi connectivity index (χ2v) is 5.40. The Labute approximate surface area is 110 Å². The summed E-state index contributed by atoms with van der Waals surface area (Å²) in [4.78, 5) is 11.0. The normalized spacial score (nSPS) is 13.6. The number of nitriles is 1. The highest BCUT2D eigenvalue weighted by atomic mass is 32.2. The lowest BCUT2D eigenvalue weighted by Gasteiger charge is -2.14. The van der Waals surface area contributed by atoms with Crippen LogP contribution in [0.25, 0.3) is 0 Å².